The number of hydrogen-bond acceptors (Lipinski definition) is 7. The topological polar surface area (TPSA) is 87.6 Å². The molecule has 2 aromatic rings. The van der Waals surface area contributed by atoms with Crippen molar-refractivity contribution in [1.29, 1.82) is 0 Å². The molecule has 0 spiro atoms. The molecule has 2 aliphatic heterocycles. The summed E-state index contributed by atoms with van der Waals surface area (Å²) < 4.78 is 18.1. The lowest BCUT2D eigenvalue weighted by Gasteiger charge is -2.41. The van der Waals surface area contributed by atoms with Gasteiger partial charge >= 0.3 is 0 Å². The maximum absolute atomic E-state index is 12.5. The highest BCUT2D eigenvalue weighted by Crippen LogP contribution is 2.40. The number of rotatable bonds is 5. The molecule has 2 atom stereocenters. The number of hydrogen-bond donors (Lipinski definition) is 2. The van der Waals surface area contributed by atoms with Gasteiger partial charge in [0.1, 0.15) is 15.7 Å². The van der Waals surface area contributed by atoms with Gasteiger partial charge in [0.05, 0.1) is 12.1 Å². The molecule has 1 saturated heterocycles. The fraction of sp³-hybridized carbons (Fsp3) is 0.545. The molecule has 0 radical (unpaired) electrons. The maximum atomic E-state index is 12.5. The van der Waals surface area contributed by atoms with Crippen LogP contribution in [0.25, 0.3) is 0 Å². The van der Waals surface area contributed by atoms with Crippen LogP contribution in [-0.4, -0.2) is 50.5 Å². The molecule has 2 fully saturated rings. The highest BCUT2D eigenvalue weighted by atomic mass is 35.5. The summed E-state index contributed by atoms with van der Waals surface area (Å²) in [5.74, 6) is 2.13. The van der Waals surface area contributed by atoms with Gasteiger partial charge in [-0.1, -0.05) is 23.7 Å². The number of aromatic nitrogens is 2. The minimum atomic E-state index is -1.29. The van der Waals surface area contributed by atoms with Gasteiger partial charge in [-0.25, -0.2) is 0 Å². The molecule has 0 amide bonds. The molecule has 1 aromatic heterocycles. The van der Waals surface area contributed by atoms with Crippen LogP contribution in [0.15, 0.2) is 29.2 Å². The Kier molecular flexibility index (Phi) is 5.79. The first kappa shape index (κ1) is 21.0. The number of nitrogens with one attached hydrogen (secondary N) is 1. The Hall–Kier alpha value is -1.90. The van der Waals surface area contributed by atoms with Gasteiger partial charge in [-0.3, -0.25) is 4.21 Å². The molecule has 0 bridgehead atoms. The molecule has 1 aromatic carbocycles. The van der Waals surface area contributed by atoms with Gasteiger partial charge in [0.2, 0.25) is 11.8 Å². The highest BCUT2D eigenvalue weighted by molar-refractivity contribution is 7.85. The second-order valence-electron chi connectivity index (χ2n) is 8.70. The molecule has 5 rings (SSSR count). The van der Waals surface area contributed by atoms with Gasteiger partial charge in [-0.15, -0.1) is 0 Å². The summed E-state index contributed by atoms with van der Waals surface area (Å²) in [7, 11) is -1.29. The first-order valence-corrected chi connectivity index (χ1v) is 12.6. The summed E-state index contributed by atoms with van der Waals surface area (Å²) in [5, 5.41) is 14.0. The van der Waals surface area contributed by atoms with E-state index >= 15 is 0 Å². The van der Waals surface area contributed by atoms with Gasteiger partial charge < -0.3 is 20.1 Å². The zero-order valence-electron chi connectivity index (χ0n) is 17.3. The molecule has 7 nitrogen and oxygen atoms in total. The molecule has 2 unspecified atom stereocenters. The summed E-state index contributed by atoms with van der Waals surface area (Å²) in [6.45, 7) is 1.72. The molecular weight excluding hydrogens is 436 g/mol. The number of aliphatic hydroxyl groups excluding tert-OH is 1. The highest BCUT2D eigenvalue weighted by Gasteiger charge is 2.39. The molecule has 9 heteroatoms. The first-order chi connectivity index (χ1) is 15.1. The van der Waals surface area contributed by atoms with Crippen LogP contribution in [-0.2, 0) is 10.8 Å². The number of aliphatic hydroxyl groups is 1. The van der Waals surface area contributed by atoms with Crippen molar-refractivity contribution < 1.29 is 14.1 Å². The Labute approximate surface area is 189 Å². The number of anilines is 2. The third-order valence-corrected chi connectivity index (χ3v) is 8.11. The van der Waals surface area contributed by atoms with Crippen LogP contribution in [0.5, 0.6) is 5.88 Å². The minimum Gasteiger partial charge on any atom is -0.463 e. The molecule has 1 saturated carbocycles. The van der Waals surface area contributed by atoms with Crippen molar-refractivity contribution in [3.63, 3.8) is 0 Å². The number of ether oxygens (including phenoxy) is 1. The summed E-state index contributed by atoms with van der Waals surface area (Å²) >= 11 is 6.05. The Morgan fingerprint density at radius 3 is 2.71 bits per heavy atom. The number of halogens is 1. The molecule has 3 heterocycles. The zero-order valence-corrected chi connectivity index (χ0v) is 18.9. The van der Waals surface area contributed by atoms with Crippen LogP contribution >= 0.6 is 11.6 Å². The maximum Gasteiger partial charge on any atom is 0.238 e. The Bertz CT molecular complexity index is 978. The van der Waals surface area contributed by atoms with Gasteiger partial charge in [0, 0.05) is 18.1 Å². The fourth-order valence-electron chi connectivity index (χ4n) is 4.66. The van der Waals surface area contributed by atoms with E-state index in [-0.39, 0.29) is 18.1 Å². The summed E-state index contributed by atoms with van der Waals surface area (Å²) in [6, 6.07) is 8.14. The van der Waals surface area contributed by atoms with E-state index in [2.05, 4.69) is 27.3 Å². The Balaban J connectivity index is 1.39. The average molecular weight is 463 g/mol. The zero-order chi connectivity index (χ0) is 21.4. The van der Waals surface area contributed by atoms with Gasteiger partial charge in [0.25, 0.3) is 0 Å². The van der Waals surface area contributed by atoms with Crippen molar-refractivity contribution in [3.05, 3.63) is 34.9 Å². The number of nitrogens with zero attached hydrogens (tertiary/aromatic N) is 3. The van der Waals surface area contributed by atoms with Gasteiger partial charge in [0.15, 0.2) is 11.8 Å². The standard InChI is InChI=1S/C22H27ClN4O3S/c23-17-6-4-16(5-7-17)15-3-1-11-27(12-8-15)21-24-19(26-22(13-28)9-2-10-22)18-20(25-21)30-14-31(18)29/h4-7,15,28H,1-3,8-14H2,(H,24,25,26). The van der Waals surface area contributed by atoms with E-state index in [1.165, 1.54) is 5.56 Å². The lowest BCUT2D eigenvalue weighted by molar-refractivity contribution is 0.143. The summed E-state index contributed by atoms with van der Waals surface area (Å²) in [6.07, 6.45) is 5.94. The van der Waals surface area contributed by atoms with E-state index in [9.17, 15) is 9.32 Å². The van der Waals surface area contributed by atoms with Crippen molar-refractivity contribution in [3.8, 4) is 5.88 Å². The molecule has 31 heavy (non-hydrogen) atoms. The second kappa shape index (κ2) is 8.56. The van der Waals surface area contributed by atoms with E-state index < -0.39 is 10.8 Å². The molecule has 166 valence electrons. The first-order valence-electron chi connectivity index (χ1n) is 10.9. The summed E-state index contributed by atoms with van der Waals surface area (Å²) in [5.41, 5.74) is 0.932. The van der Waals surface area contributed by atoms with Gasteiger partial charge in [-0.2, -0.15) is 9.97 Å². The normalized spacial score (nSPS) is 24.6. The van der Waals surface area contributed by atoms with E-state index in [1.807, 2.05) is 12.1 Å². The Morgan fingerprint density at radius 1 is 1.19 bits per heavy atom. The van der Waals surface area contributed by atoms with Crippen molar-refractivity contribution in [1.82, 2.24) is 9.97 Å². The molecule has 3 aliphatic rings. The lowest BCUT2D eigenvalue weighted by Crippen LogP contribution is -2.48. The van der Waals surface area contributed by atoms with Crippen molar-refractivity contribution in [2.45, 2.75) is 54.9 Å². The fourth-order valence-corrected chi connectivity index (χ4v) is 5.73. The largest absolute Gasteiger partial charge is 0.463 e. The summed E-state index contributed by atoms with van der Waals surface area (Å²) in [4.78, 5) is 12.1. The molecular formula is C22H27ClN4O3S. The van der Waals surface area contributed by atoms with Crippen LogP contribution in [0.3, 0.4) is 0 Å². The molecule has 2 N–H and O–H groups in total. The van der Waals surface area contributed by atoms with Crippen molar-refractivity contribution in [2.75, 3.05) is 35.9 Å². The number of fused-ring (bicyclic) bond motifs is 1. The van der Waals surface area contributed by atoms with Crippen molar-refractivity contribution >= 4 is 34.2 Å². The van der Waals surface area contributed by atoms with E-state index in [4.69, 9.17) is 21.3 Å². The molecule has 1 aliphatic carbocycles. The third kappa shape index (κ3) is 4.13. The Morgan fingerprint density at radius 2 is 2.00 bits per heavy atom. The van der Waals surface area contributed by atoms with Crippen molar-refractivity contribution in [2.24, 2.45) is 0 Å². The van der Waals surface area contributed by atoms with Crippen LogP contribution in [0, 0.1) is 0 Å². The predicted molar refractivity (Wildman–Crippen MR) is 121 cm³/mol. The van der Waals surface area contributed by atoms with Crippen LogP contribution in [0.1, 0.15) is 50.0 Å². The lowest BCUT2D eigenvalue weighted by atomic mass is 9.77. The van der Waals surface area contributed by atoms with Crippen LogP contribution in [0.2, 0.25) is 5.02 Å². The number of benzene rings is 1. The predicted octanol–water partition coefficient (Wildman–Crippen LogP) is 3.69. The van der Waals surface area contributed by atoms with E-state index in [1.54, 1.807) is 0 Å². The average Bonchev–Trinajstić information content (AvgIpc) is 2.97. The monoisotopic (exact) mass is 462 g/mol. The quantitative estimate of drug-likeness (QED) is 0.700. The van der Waals surface area contributed by atoms with E-state index in [0.717, 1.165) is 56.6 Å². The second-order valence-corrected chi connectivity index (χ2v) is 10.5. The SMILES string of the molecule is O=S1COc2nc(N3CCCC(c4ccc(Cl)cc4)CC3)nc(NC3(CO)CCC3)c21. The third-order valence-electron chi connectivity index (χ3n) is 6.70. The van der Waals surface area contributed by atoms with Crippen LogP contribution in [0.4, 0.5) is 11.8 Å². The van der Waals surface area contributed by atoms with Gasteiger partial charge in [-0.05, 0) is 62.1 Å². The van der Waals surface area contributed by atoms with E-state index in [0.29, 0.717) is 28.5 Å². The van der Waals surface area contributed by atoms with Crippen LogP contribution < -0.4 is 15.0 Å². The smallest absolute Gasteiger partial charge is 0.238 e. The minimum absolute atomic E-state index is 0.0289.